The minimum absolute atomic E-state index is 0.0125. The molecule has 0 saturated carbocycles. The normalized spacial score (nSPS) is 11.8. The smallest absolute Gasteiger partial charge is 0.265 e. The van der Waals surface area contributed by atoms with Crippen molar-refractivity contribution in [3.8, 4) is 11.5 Å². The highest BCUT2D eigenvalue weighted by Crippen LogP contribution is 2.28. The average Bonchev–Trinajstić information content (AvgIpc) is 2.70. The quantitative estimate of drug-likeness (QED) is 0.880. The van der Waals surface area contributed by atoms with Crippen LogP contribution in [0.3, 0.4) is 0 Å². The molecule has 1 N–H and O–H groups in total. The van der Waals surface area contributed by atoms with Gasteiger partial charge in [0.1, 0.15) is 10.2 Å². The highest BCUT2D eigenvalue weighted by Gasteiger charge is 2.19. The van der Waals surface area contributed by atoms with Crippen LogP contribution in [0.4, 0.5) is 0 Å². The molecule has 0 spiro atoms. The third kappa shape index (κ3) is 2.63. The first-order valence-corrected chi connectivity index (χ1v) is 6.76. The number of H-pyrrole nitrogens is 1. The molecule has 2 rings (SSSR count). The Bertz CT molecular complexity index is 597. The minimum atomic E-state index is -0.194. The Balaban J connectivity index is 2.44. The van der Waals surface area contributed by atoms with Crippen LogP contribution in [0.2, 0.25) is 0 Å². The Hall–Kier alpha value is -1.01. The Morgan fingerprint density at radius 1 is 1.41 bits per heavy atom. The van der Waals surface area contributed by atoms with Gasteiger partial charge in [-0.25, -0.2) is 9.97 Å². The van der Waals surface area contributed by atoms with Gasteiger partial charge in [0.05, 0.1) is 5.01 Å². The zero-order valence-corrected chi connectivity index (χ0v) is 12.1. The van der Waals surface area contributed by atoms with Crippen molar-refractivity contribution >= 4 is 27.3 Å². The van der Waals surface area contributed by atoms with Gasteiger partial charge in [-0.1, -0.05) is 20.8 Å². The summed E-state index contributed by atoms with van der Waals surface area (Å²) in [5, 5.41) is 2.94. The van der Waals surface area contributed by atoms with Crippen molar-refractivity contribution in [1.82, 2.24) is 15.0 Å². The summed E-state index contributed by atoms with van der Waals surface area (Å²) in [6.07, 6.45) is 1.49. The first-order chi connectivity index (χ1) is 7.88. The lowest BCUT2D eigenvalue weighted by molar-refractivity contribution is 0.586. The number of aromatic nitrogens is 3. The molecule has 0 atom stereocenters. The SMILES string of the molecule is CC(C)(C)c1nc(-c2ncc(Br)c(=O)[nH]2)cs1. The van der Waals surface area contributed by atoms with Crippen LogP contribution < -0.4 is 5.56 Å². The molecule has 90 valence electrons. The van der Waals surface area contributed by atoms with Crippen molar-refractivity contribution in [2.45, 2.75) is 26.2 Å². The van der Waals surface area contributed by atoms with Crippen LogP contribution >= 0.6 is 27.3 Å². The highest BCUT2D eigenvalue weighted by atomic mass is 79.9. The molecule has 0 bridgehead atoms. The summed E-state index contributed by atoms with van der Waals surface area (Å²) in [6.45, 7) is 6.31. The van der Waals surface area contributed by atoms with E-state index >= 15 is 0 Å². The lowest BCUT2D eigenvalue weighted by Crippen LogP contribution is -2.11. The van der Waals surface area contributed by atoms with E-state index in [0.29, 0.717) is 16.0 Å². The van der Waals surface area contributed by atoms with Crippen molar-refractivity contribution in [1.29, 1.82) is 0 Å². The first kappa shape index (κ1) is 12.4. The maximum atomic E-state index is 11.5. The number of hydrogen-bond acceptors (Lipinski definition) is 4. The van der Waals surface area contributed by atoms with Gasteiger partial charge in [0.25, 0.3) is 5.56 Å². The van der Waals surface area contributed by atoms with Gasteiger partial charge in [-0.05, 0) is 15.9 Å². The molecule has 6 heteroatoms. The largest absolute Gasteiger partial charge is 0.304 e. The Morgan fingerprint density at radius 2 is 2.12 bits per heavy atom. The van der Waals surface area contributed by atoms with Crippen LogP contribution in [0.5, 0.6) is 0 Å². The predicted molar refractivity (Wildman–Crippen MR) is 72.4 cm³/mol. The van der Waals surface area contributed by atoms with E-state index < -0.39 is 0 Å². The number of thiazole rings is 1. The van der Waals surface area contributed by atoms with Gasteiger partial charge in [-0.3, -0.25) is 4.79 Å². The van der Waals surface area contributed by atoms with E-state index in [0.717, 1.165) is 5.01 Å². The maximum absolute atomic E-state index is 11.5. The molecule has 0 radical (unpaired) electrons. The summed E-state index contributed by atoms with van der Waals surface area (Å²) in [4.78, 5) is 22.8. The van der Waals surface area contributed by atoms with Gasteiger partial charge >= 0.3 is 0 Å². The second-order valence-electron chi connectivity index (χ2n) is 4.70. The van der Waals surface area contributed by atoms with E-state index in [4.69, 9.17) is 0 Å². The van der Waals surface area contributed by atoms with Gasteiger partial charge in [-0.15, -0.1) is 11.3 Å². The molecule has 2 heterocycles. The summed E-state index contributed by atoms with van der Waals surface area (Å²) in [6, 6.07) is 0. The van der Waals surface area contributed by atoms with E-state index in [1.54, 1.807) is 11.3 Å². The third-order valence-corrected chi connectivity index (χ3v) is 3.98. The number of rotatable bonds is 1. The van der Waals surface area contributed by atoms with Crippen LogP contribution in [0.25, 0.3) is 11.5 Å². The number of nitrogens with zero attached hydrogens (tertiary/aromatic N) is 2. The fourth-order valence-corrected chi connectivity index (χ4v) is 2.33. The van der Waals surface area contributed by atoms with Crippen molar-refractivity contribution < 1.29 is 0 Å². The van der Waals surface area contributed by atoms with Gasteiger partial charge in [0.15, 0.2) is 5.82 Å². The second-order valence-corrected chi connectivity index (χ2v) is 6.41. The Labute approximate surface area is 111 Å². The standard InChI is InChI=1S/C11H12BrN3OS/c1-11(2,3)10-14-7(5-17-10)8-13-4-6(12)9(16)15-8/h4-5H,1-3H3,(H,13,15,16). The van der Waals surface area contributed by atoms with E-state index in [1.807, 2.05) is 5.38 Å². The molecule has 0 aliphatic rings. The van der Waals surface area contributed by atoms with Gasteiger partial charge in [0, 0.05) is 17.0 Å². The maximum Gasteiger partial charge on any atom is 0.265 e. The summed E-state index contributed by atoms with van der Waals surface area (Å²) in [7, 11) is 0. The van der Waals surface area contributed by atoms with E-state index in [2.05, 4.69) is 51.7 Å². The van der Waals surface area contributed by atoms with Crippen LogP contribution in [0.1, 0.15) is 25.8 Å². The molecule has 0 saturated heterocycles. The first-order valence-electron chi connectivity index (χ1n) is 5.09. The van der Waals surface area contributed by atoms with Gasteiger partial charge in [0.2, 0.25) is 0 Å². The Kier molecular flexibility index (Phi) is 3.18. The number of hydrogen-bond donors (Lipinski definition) is 1. The summed E-state index contributed by atoms with van der Waals surface area (Å²) in [5.41, 5.74) is 0.531. The summed E-state index contributed by atoms with van der Waals surface area (Å²) < 4.78 is 0.424. The van der Waals surface area contributed by atoms with E-state index in [1.165, 1.54) is 6.20 Å². The van der Waals surface area contributed by atoms with E-state index in [-0.39, 0.29) is 11.0 Å². The minimum Gasteiger partial charge on any atom is -0.304 e. The van der Waals surface area contributed by atoms with Crippen molar-refractivity contribution in [2.24, 2.45) is 0 Å². The molecule has 0 amide bonds. The lowest BCUT2D eigenvalue weighted by atomic mass is 9.98. The molecule has 2 aromatic rings. The molecule has 0 unspecified atom stereocenters. The second kappa shape index (κ2) is 4.34. The number of aromatic amines is 1. The molecular formula is C11H12BrN3OS. The Morgan fingerprint density at radius 3 is 2.65 bits per heavy atom. The molecule has 0 fully saturated rings. The monoisotopic (exact) mass is 313 g/mol. The average molecular weight is 314 g/mol. The molecule has 0 aliphatic heterocycles. The summed E-state index contributed by atoms with van der Waals surface area (Å²) in [5.74, 6) is 0.505. The predicted octanol–water partition coefficient (Wildman–Crippen LogP) is 2.95. The molecule has 17 heavy (non-hydrogen) atoms. The lowest BCUT2D eigenvalue weighted by Gasteiger charge is -2.13. The molecule has 0 aliphatic carbocycles. The van der Waals surface area contributed by atoms with Crippen molar-refractivity contribution in [3.63, 3.8) is 0 Å². The van der Waals surface area contributed by atoms with Crippen molar-refractivity contribution in [2.75, 3.05) is 0 Å². The third-order valence-electron chi connectivity index (χ3n) is 2.14. The fraction of sp³-hybridized carbons (Fsp3) is 0.364. The van der Waals surface area contributed by atoms with Crippen LogP contribution in [-0.4, -0.2) is 15.0 Å². The van der Waals surface area contributed by atoms with Crippen LogP contribution in [0.15, 0.2) is 20.8 Å². The van der Waals surface area contributed by atoms with Crippen LogP contribution in [0, 0.1) is 0 Å². The fourth-order valence-electron chi connectivity index (χ4n) is 1.24. The summed E-state index contributed by atoms with van der Waals surface area (Å²) >= 11 is 4.69. The molecule has 0 aromatic carbocycles. The molecular weight excluding hydrogens is 302 g/mol. The molecule has 4 nitrogen and oxygen atoms in total. The molecule has 2 aromatic heterocycles. The van der Waals surface area contributed by atoms with E-state index in [9.17, 15) is 4.79 Å². The van der Waals surface area contributed by atoms with Gasteiger partial charge in [-0.2, -0.15) is 0 Å². The van der Waals surface area contributed by atoms with Crippen molar-refractivity contribution in [3.05, 3.63) is 31.4 Å². The van der Waals surface area contributed by atoms with Gasteiger partial charge < -0.3 is 4.98 Å². The number of nitrogens with one attached hydrogen (secondary N) is 1. The zero-order valence-electron chi connectivity index (χ0n) is 9.74. The zero-order chi connectivity index (χ0) is 12.6. The number of halogens is 1. The highest BCUT2D eigenvalue weighted by molar-refractivity contribution is 9.10. The topological polar surface area (TPSA) is 58.6 Å². The van der Waals surface area contributed by atoms with Crippen LogP contribution in [-0.2, 0) is 5.41 Å².